The Kier molecular flexibility index (Phi) is 4.82. The van der Waals surface area contributed by atoms with Crippen molar-refractivity contribution in [3.05, 3.63) is 47.3 Å². The van der Waals surface area contributed by atoms with Crippen LogP contribution in [-0.2, 0) is 0 Å². The summed E-state index contributed by atoms with van der Waals surface area (Å²) < 4.78 is 0. The first kappa shape index (κ1) is 20.8. The summed E-state index contributed by atoms with van der Waals surface area (Å²) in [7, 11) is 0. The molecule has 1 aromatic carbocycles. The van der Waals surface area contributed by atoms with Crippen molar-refractivity contribution in [3.63, 3.8) is 0 Å². The van der Waals surface area contributed by atoms with Crippen LogP contribution in [0.25, 0.3) is 22.1 Å². The molecule has 0 bridgehead atoms. The highest BCUT2D eigenvalue weighted by atomic mass is 16.2. The summed E-state index contributed by atoms with van der Waals surface area (Å²) in [5.74, 6) is -0.111. The van der Waals surface area contributed by atoms with Crippen molar-refractivity contribution in [3.8, 4) is 0 Å². The van der Waals surface area contributed by atoms with E-state index in [9.17, 15) is 9.59 Å². The predicted octanol–water partition coefficient (Wildman–Crippen LogP) is 2.74. The number of para-hydroxylation sites is 1. The van der Waals surface area contributed by atoms with Crippen molar-refractivity contribution in [1.82, 2.24) is 40.8 Å². The van der Waals surface area contributed by atoms with E-state index in [2.05, 4.69) is 35.9 Å². The molecule has 10 heteroatoms. The minimum Gasteiger partial charge on any atom is -0.349 e. The zero-order valence-electron chi connectivity index (χ0n) is 19.0. The van der Waals surface area contributed by atoms with Crippen LogP contribution in [0.3, 0.4) is 0 Å². The van der Waals surface area contributed by atoms with E-state index in [1.54, 1.807) is 12.3 Å². The maximum absolute atomic E-state index is 13.3. The number of aromatic nitrogens is 6. The van der Waals surface area contributed by atoms with Crippen LogP contribution in [-0.4, -0.2) is 66.4 Å². The second-order valence-corrected chi connectivity index (χ2v) is 9.51. The van der Waals surface area contributed by atoms with Gasteiger partial charge in [-0.25, -0.2) is 4.98 Å². The first-order chi connectivity index (χ1) is 16.5. The Balaban J connectivity index is 1.16. The molecule has 4 aromatic rings. The topological polar surface area (TPSA) is 133 Å². The Morgan fingerprint density at radius 2 is 2.00 bits per heavy atom. The summed E-state index contributed by atoms with van der Waals surface area (Å²) >= 11 is 0. The molecule has 1 atom stereocenters. The Hall–Kier alpha value is -3.82. The maximum atomic E-state index is 13.3. The van der Waals surface area contributed by atoms with E-state index in [-0.39, 0.29) is 23.3 Å². The summed E-state index contributed by atoms with van der Waals surface area (Å²) in [6.07, 6.45) is 6.38. The molecule has 1 spiro atoms. The smallest absolute Gasteiger partial charge is 0.256 e. The number of aryl methyl sites for hydroxylation is 1. The van der Waals surface area contributed by atoms with E-state index in [0.717, 1.165) is 48.7 Å². The number of pyridine rings is 1. The number of carbonyl (C=O) groups is 2. The monoisotopic (exact) mass is 458 g/mol. The van der Waals surface area contributed by atoms with Gasteiger partial charge in [0.1, 0.15) is 11.0 Å². The highest BCUT2D eigenvalue weighted by Gasteiger charge is 2.46. The molecule has 1 saturated carbocycles. The fourth-order valence-electron chi connectivity index (χ4n) is 5.73. The minimum absolute atomic E-state index is 0.0206. The molecule has 4 heterocycles. The number of amides is 2. The zero-order chi connectivity index (χ0) is 23.3. The summed E-state index contributed by atoms with van der Waals surface area (Å²) in [6.45, 7) is 3.32. The standard InChI is InChI=1S/C24H26N8O2/c1-14-16-4-2-5-17(20(16)29-27-14)23(34)32-10-8-24(9-11-32)7-3-6-19(24)26-22(33)15-12-18-21(25-13-15)30-31-28-18/h2,4-5,12-13,19H,3,6-11H2,1H3,(H,26,33)(H,27,29)(H,25,28,30,31). The Morgan fingerprint density at radius 3 is 2.85 bits per heavy atom. The van der Waals surface area contributed by atoms with E-state index in [1.165, 1.54) is 0 Å². The maximum Gasteiger partial charge on any atom is 0.256 e. The van der Waals surface area contributed by atoms with Gasteiger partial charge in [-0.05, 0) is 50.2 Å². The Morgan fingerprint density at radius 1 is 1.15 bits per heavy atom. The molecule has 2 aliphatic rings. The van der Waals surface area contributed by atoms with Gasteiger partial charge < -0.3 is 10.2 Å². The first-order valence-corrected chi connectivity index (χ1v) is 11.7. The van der Waals surface area contributed by atoms with Gasteiger partial charge in [0, 0.05) is 36.4 Å². The summed E-state index contributed by atoms with van der Waals surface area (Å²) in [6, 6.07) is 7.55. The van der Waals surface area contributed by atoms with Crippen LogP contribution >= 0.6 is 0 Å². The van der Waals surface area contributed by atoms with Crippen molar-refractivity contribution >= 4 is 33.9 Å². The predicted molar refractivity (Wildman–Crippen MR) is 125 cm³/mol. The number of H-pyrrole nitrogens is 2. The first-order valence-electron chi connectivity index (χ1n) is 11.7. The average Bonchev–Trinajstić information content (AvgIpc) is 3.58. The molecule has 34 heavy (non-hydrogen) atoms. The molecule has 2 fully saturated rings. The van der Waals surface area contributed by atoms with Gasteiger partial charge >= 0.3 is 0 Å². The summed E-state index contributed by atoms with van der Waals surface area (Å²) in [4.78, 5) is 32.5. The molecule has 10 nitrogen and oxygen atoms in total. The highest BCUT2D eigenvalue weighted by molar-refractivity contribution is 6.06. The summed E-state index contributed by atoms with van der Waals surface area (Å²) in [5, 5.41) is 22.1. The van der Waals surface area contributed by atoms with E-state index < -0.39 is 0 Å². The number of aromatic amines is 2. The lowest BCUT2D eigenvalue weighted by Gasteiger charge is -2.43. The second kappa shape index (κ2) is 7.89. The second-order valence-electron chi connectivity index (χ2n) is 9.51. The number of hydrogen-bond donors (Lipinski definition) is 3. The van der Waals surface area contributed by atoms with Crippen LogP contribution in [0.2, 0.25) is 0 Å². The fraction of sp³-hybridized carbons (Fsp3) is 0.417. The molecule has 1 unspecified atom stereocenters. The molecule has 3 N–H and O–H groups in total. The number of nitrogens with zero attached hydrogens (tertiary/aromatic N) is 5. The minimum atomic E-state index is -0.136. The molecule has 3 aromatic heterocycles. The molecule has 6 rings (SSSR count). The van der Waals surface area contributed by atoms with Gasteiger partial charge in [0.2, 0.25) is 5.65 Å². The van der Waals surface area contributed by atoms with Gasteiger partial charge in [-0.3, -0.25) is 14.7 Å². The zero-order valence-corrected chi connectivity index (χ0v) is 19.0. The number of hydrogen-bond acceptors (Lipinski definition) is 6. The molecular weight excluding hydrogens is 432 g/mol. The summed E-state index contributed by atoms with van der Waals surface area (Å²) in [5.41, 5.74) is 3.91. The lowest BCUT2D eigenvalue weighted by molar-refractivity contribution is 0.0510. The van der Waals surface area contributed by atoms with Gasteiger partial charge in [0.05, 0.1) is 11.1 Å². The highest BCUT2D eigenvalue weighted by Crippen LogP contribution is 2.46. The average molecular weight is 459 g/mol. The third kappa shape index (κ3) is 3.32. The third-order valence-electron chi connectivity index (χ3n) is 7.70. The van der Waals surface area contributed by atoms with Crippen molar-refractivity contribution in [2.45, 2.75) is 45.1 Å². The number of piperidine rings is 1. The van der Waals surface area contributed by atoms with E-state index in [0.29, 0.717) is 35.4 Å². The Labute approximate surface area is 195 Å². The van der Waals surface area contributed by atoms with Crippen LogP contribution in [0, 0.1) is 12.3 Å². The van der Waals surface area contributed by atoms with Crippen LogP contribution in [0.4, 0.5) is 0 Å². The fourth-order valence-corrected chi connectivity index (χ4v) is 5.73. The van der Waals surface area contributed by atoms with E-state index >= 15 is 0 Å². The number of likely N-dealkylation sites (tertiary alicyclic amines) is 1. The number of rotatable bonds is 3. The molecule has 1 aliphatic heterocycles. The molecule has 1 saturated heterocycles. The van der Waals surface area contributed by atoms with Crippen molar-refractivity contribution in [1.29, 1.82) is 0 Å². The number of benzene rings is 1. The van der Waals surface area contributed by atoms with E-state index in [1.807, 2.05) is 30.0 Å². The van der Waals surface area contributed by atoms with Crippen molar-refractivity contribution < 1.29 is 9.59 Å². The van der Waals surface area contributed by atoms with Crippen LogP contribution in [0.1, 0.15) is 58.5 Å². The Bertz CT molecular complexity index is 1400. The number of nitrogens with one attached hydrogen (secondary N) is 3. The van der Waals surface area contributed by atoms with Gasteiger partial charge in [0.15, 0.2) is 0 Å². The molecule has 0 radical (unpaired) electrons. The van der Waals surface area contributed by atoms with Gasteiger partial charge in [-0.2, -0.15) is 15.4 Å². The molecule has 2 amide bonds. The van der Waals surface area contributed by atoms with Gasteiger partial charge in [0.25, 0.3) is 11.8 Å². The quantitative estimate of drug-likeness (QED) is 0.432. The largest absolute Gasteiger partial charge is 0.349 e. The lowest BCUT2D eigenvalue weighted by atomic mass is 9.74. The molecular formula is C24H26N8O2. The van der Waals surface area contributed by atoms with Crippen LogP contribution in [0.15, 0.2) is 30.5 Å². The third-order valence-corrected chi connectivity index (χ3v) is 7.70. The normalized spacial score (nSPS) is 19.8. The van der Waals surface area contributed by atoms with Gasteiger partial charge in [-0.15, -0.1) is 5.10 Å². The van der Waals surface area contributed by atoms with E-state index in [4.69, 9.17) is 0 Å². The SMILES string of the molecule is Cc1[nH]nc2c(C(=O)N3CCC4(CCCC4NC(=O)c4cnc5n[nH]nc5c4)CC3)cccc12. The van der Waals surface area contributed by atoms with Crippen LogP contribution < -0.4 is 5.32 Å². The molecule has 1 aliphatic carbocycles. The van der Waals surface area contributed by atoms with Crippen molar-refractivity contribution in [2.24, 2.45) is 5.41 Å². The van der Waals surface area contributed by atoms with Crippen LogP contribution in [0.5, 0.6) is 0 Å². The molecule has 174 valence electrons. The van der Waals surface area contributed by atoms with Gasteiger partial charge in [-0.1, -0.05) is 18.6 Å². The number of carbonyl (C=O) groups excluding carboxylic acids is 2. The van der Waals surface area contributed by atoms with Crippen molar-refractivity contribution in [2.75, 3.05) is 13.1 Å². The lowest BCUT2D eigenvalue weighted by Crippen LogP contribution is -2.51. The number of fused-ring (bicyclic) bond motifs is 2.